The Kier molecular flexibility index (Phi) is 9.25. The molecule has 7 nitrogen and oxygen atoms in total. The van der Waals surface area contributed by atoms with E-state index in [1.165, 1.54) is 0 Å². The number of piperidine rings is 1. The number of carbonyl (C=O) groups is 2. The molecule has 0 aliphatic carbocycles. The molecular weight excluding hydrogens is 370 g/mol. The molecule has 1 aromatic rings. The van der Waals surface area contributed by atoms with Crippen LogP contribution in [0, 0.1) is 5.92 Å². The second-order valence-corrected chi connectivity index (χ2v) is 7.89. The molecule has 1 unspecified atom stereocenters. The maximum Gasteiger partial charge on any atom is 0.269 e. The topological polar surface area (TPSA) is 79.9 Å². The summed E-state index contributed by atoms with van der Waals surface area (Å²) in [5.41, 5.74) is 5.51. The molecule has 1 fully saturated rings. The van der Waals surface area contributed by atoms with Crippen LogP contribution in [-0.4, -0.2) is 49.6 Å². The summed E-state index contributed by atoms with van der Waals surface area (Å²) < 4.78 is 11.1. The van der Waals surface area contributed by atoms with Gasteiger partial charge in [0.05, 0.1) is 19.8 Å². The first-order valence-electron chi connectivity index (χ1n) is 10.6. The van der Waals surface area contributed by atoms with Gasteiger partial charge in [0.25, 0.3) is 11.8 Å². The van der Waals surface area contributed by atoms with Gasteiger partial charge in [-0.25, -0.2) is 0 Å². The van der Waals surface area contributed by atoms with Gasteiger partial charge in [0, 0.05) is 5.56 Å². The average Bonchev–Trinajstić information content (AvgIpc) is 2.72. The zero-order chi connectivity index (χ0) is 21.2. The lowest BCUT2D eigenvalue weighted by Crippen LogP contribution is -2.54. The highest BCUT2D eigenvalue weighted by atomic mass is 16.5. The number of likely N-dealkylation sites (tertiary alicyclic amines) is 1. The second-order valence-electron chi connectivity index (χ2n) is 7.89. The van der Waals surface area contributed by atoms with Gasteiger partial charge in [0.1, 0.15) is 0 Å². The zero-order valence-corrected chi connectivity index (χ0v) is 18.1. The first-order valence-corrected chi connectivity index (χ1v) is 10.6. The molecular formula is C22H35N3O4. The van der Waals surface area contributed by atoms with E-state index in [9.17, 15) is 9.59 Å². The highest BCUT2D eigenvalue weighted by molar-refractivity contribution is 5.96. The summed E-state index contributed by atoms with van der Waals surface area (Å²) in [6, 6.07) is 4.82. The SMILES string of the molecule is CCCN1CCCCC1C(=O)NNC(=O)c1ccc(OCCC(C)C)c(OC)c1. The fourth-order valence-electron chi connectivity index (χ4n) is 3.45. The summed E-state index contributed by atoms with van der Waals surface area (Å²) in [5, 5.41) is 0. The lowest BCUT2D eigenvalue weighted by Gasteiger charge is -2.34. The number of nitrogens with zero attached hydrogens (tertiary/aromatic N) is 1. The van der Waals surface area contributed by atoms with E-state index in [1.54, 1.807) is 25.3 Å². The van der Waals surface area contributed by atoms with E-state index in [0.717, 1.165) is 45.2 Å². The Morgan fingerprint density at radius 1 is 1.21 bits per heavy atom. The van der Waals surface area contributed by atoms with E-state index in [2.05, 4.69) is 36.5 Å². The third-order valence-corrected chi connectivity index (χ3v) is 5.10. The van der Waals surface area contributed by atoms with E-state index < -0.39 is 0 Å². The van der Waals surface area contributed by atoms with Crippen molar-refractivity contribution in [2.24, 2.45) is 5.92 Å². The summed E-state index contributed by atoms with van der Waals surface area (Å²) in [6.07, 6.45) is 4.90. The van der Waals surface area contributed by atoms with Crippen LogP contribution in [0.2, 0.25) is 0 Å². The normalized spacial score (nSPS) is 17.1. The van der Waals surface area contributed by atoms with Crippen molar-refractivity contribution in [2.75, 3.05) is 26.8 Å². The molecule has 0 radical (unpaired) electrons. The summed E-state index contributed by atoms with van der Waals surface area (Å²) in [5.74, 6) is 1.10. The van der Waals surface area contributed by atoms with Crippen LogP contribution in [-0.2, 0) is 4.79 Å². The third-order valence-electron chi connectivity index (χ3n) is 5.10. The summed E-state index contributed by atoms with van der Waals surface area (Å²) in [6.45, 7) is 8.78. The summed E-state index contributed by atoms with van der Waals surface area (Å²) >= 11 is 0. The van der Waals surface area contributed by atoms with Gasteiger partial charge in [-0.3, -0.25) is 25.3 Å². The van der Waals surface area contributed by atoms with Crippen molar-refractivity contribution >= 4 is 11.8 Å². The molecule has 1 saturated heterocycles. The molecule has 7 heteroatoms. The molecule has 1 atom stereocenters. The van der Waals surface area contributed by atoms with Gasteiger partial charge in [-0.05, 0) is 62.9 Å². The monoisotopic (exact) mass is 405 g/mol. The molecule has 2 amide bonds. The number of benzene rings is 1. The quantitative estimate of drug-likeness (QED) is 0.617. The van der Waals surface area contributed by atoms with Crippen LogP contribution >= 0.6 is 0 Å². The number of hydrogen-bond acceptors (Lipinski definition) is 5. The molecule has 1 heterocycles. The van der Waals surface area contributed by atoms with Crippen molar-refractivity contribution < 1.29 is 19.1 Å². The number of hydrazine groups is 1. The minimum absolute atomic E-state index is 0.160. The molecule has 2 rings (SSSR count). The van der Waals surface area contributed by atoms with Gasteiger partial charge in [0.15, 0.2) is 11.5 Å². The van der Waals surface area contributed by atoms with Crippen LogP contribution in [0.4, 0.5) is 0 Å². The fraction of sp³-hybridized carbons (Fsp3) is 0.636. The third kappa shape index (κ3) is 6.92. The minimum atomic E-state index is -0.386. The minimum Gasteiger partial charge on any atom is -0.493 e. The van der Waals surface area contributed by atoms with Gasteiger partial charge < -0.3 is 9.47 Å². The number of methoxy groups -OCH3 is 1. The smallest absolute Gasteiger partial charge is 0.269 e. The summed E-state index contributed by atoms with van der Waals surface area (Å²) in [4.78, 5) is 27.2. The maximum absolute atomic E-state index is 12.6. The highest BCUT2D eigenvalue weighted by Crippen LogP contribution is 2.28. The van der Waals surface area contributed by atoms with Crippen LogP contribution in [0.15, 0.2) is 18.2 Å². The predicted octanol–water partition coefficient (Wildman–Crippen LogP) is 3.15. The number of nitrogens with one attached hydrogen (secondary N) is 2. The standard InChI is InChI=1S/C22H35N3O4/c1-5-12-25-13-7-6-8-18(25)22(27)24-23-21(26)17-9-10-19(20(15-17)28-4)29-14-11-16(2)3/h9-10,15-16,18H,5-8,11-14H2,1-4H3,(H,23,26)(H,24,27). The lowest BCUT2D eigenvalue weighted by molar-refractivity contribution is -0.128. The Hall–Kier alpha value is -2.28. The molecule has 0 spiro atoms. The van der Waals surface area contributed by atoms with Gasteiger partial charge in [0.2, 0.25) is 0 Å². The number of rotatable bonds is 9. The van der Waals surface area contributed by atoms with Gasteiger partial charge in [-0.2, -0.15) is 0 Å². The molecule has 1 aliphatic heterocycles. The van der Waals surface area contributed by atoms with Crippen LogP contribution in [0.1, 0.15) is 63.2 Å². The van der Waals surface area contributed by atoms with E-state index >= 15 is 0 Å². The van der Waals surface area contributed by atoms with Crippen LogP contribution < -0.4 is 20.3 Å². The first kappa shape index (κ1) is 23.0. The Morgan fingerprint density at radius 2 is 2.00 bits per heavy atom. The number of hydrogen-bond donors (Lipinski definition) is 2. The average molecular weight is 406 g/mol. The van der Waals surface area contributed by atoms with E-state index in [4.69, 9.17) is 9.47 Å². The Balaban J connectivity index is 1.93. The van der Waals surface area contributed by atoms with Crippen LogP contribution in [0.25, 0.3) is 0 Å². The fourth-order valence-corrected chi connectivity index (χ4v) is 3.45. The van der Waals surface area contributed by atoms with Crippen LogP contribution in [0.5, 0.6) is 11.5 Å². The molecule has 1 aliphatic rings. The van der Waals surface area contributed by atoms with Gasteiger partial charge >= 0.3 is 0 Å². The van der Waals surface area contributed by atoms with E-state index in [-0.39, 0.29) is 17.9 Å². The lowest BCUT2D eigenvalue weighted by atomic mass is 10.0. The molecule has 162 valence electrons. The van der Waals surface area contributed by atoms with Gasteiger partial charge in [-0.1, -0.05) is 27.2 Å². The van der Waals surface area contributed by atoms with Crippen LogP contribution in [0.3, 0.4) is 0 Å². The number of carbonyl (C=O) groups excluding carboxylic acids is 2. The van der Waals surface area contributed by atoms with Crippen molar-refractivity contribution in [1.29, 1.82) is 0 Å². The predicted molar refractivity (Wildman–Crippen MR) is 113 cm³/mol. The molecule has 0 bridgehead atoms. The number of amides is 2. The summed E-state index contributed by atoms with van der Waals surface area (Å²) in [7, 11) is 1.54. The Labute approximate surface area is 174 Å². The Morgan fingerprint density at radius 3 is 2.69 bits per heavy atom. The highest BCUT2D eigenvalue weighted by Gasteiger charge is 2.28. The van der Waals surface area contributed by atoms with Gasteiger partial charge in [-0.15, -0.1) is 0 Å². The van der Waals surface area contributed by atoms with Crippen molar-refractivity contribution in [3.8, 4) is 11.5 Å². The second kappa shape index (κ2) is 11.7. The van der Waals surface area contributed by atoms with Crippen molar-refractivity contribution in [3.63, 3.8) is 0 Å². The molecule has 1 aromatic carbocycles. The zero-order valence-electron chi connectivity index (χ0n) is 18.1. The molecule has 0 aromatic heterocycles. The van der Waals surface area contributed by atoms with E-state index in [0.29, 0.717) is 29.6 Å². The van der Waals surface area contributed by atoms with Crippen molar-refractivity contribution in [2.45, 2.75) is 58.9 Å². The maximum atomic E-state index is 12.6. The largest absolute Gasteiger partial charge is 0.493 e. The molecule has 29 heavy (non-hydrogen) atoms. The van der Waals surface area contributed by atoms with Crippen molar-refractivity contribution in [1.82, 2.24) is 15.8 Å². The molecule has 0 saturated carbocycles. The van der Waals surface area contributed by atoms with E-state index in [1.807, 2.05) is 0 Å². The molecule has 2 N–H and O–H groups in total. The first-order chi connectivity index (χ1) is 14.0. The van der Waals surface area contributed by atoms with Crippen molar-refractivity contribution in [3.05, 3.63) is 23.8 Å². The number of ether oxygens (including phenoxy) is 2. The Bertz CT molecular complexity index is 676.